The van der Waals surface area contributed by atoms with Gasteiger partial charge in [0.2, 0.25) is 0 Å². The minimum absolute atomic E-state index is 0.0794. The van der Waals surface area contributed by atoms with Gasteiger partial charge in [0, 0.05) is 13.1 Å². The van der Waals surface area contributed by atoms with Crippen LogP contribution in [0.2, 0.25) is 0 Å². The molecule has 1 unspecified atom stereocenters. The van der Waals surface area contributed by atoms with Crippen LogP contribution in [0, 0.1) is 11.3 Å². The molecule has 1 aliphatic heterocycles. The van der Waals surface area contributed by atoms with Gasteiger partial charge >= 0.3 is 6.18 Å². The van der Waals surface area contributed by atoms with Crippen molar-refractivity contribution in [3.05, 3.63) is 0 Å². The summed E-state index contributed by atoms with van der Waals surface area (Å²) in [5.41, 5.74) is 5.71. The molecule has 2 nitrogen and oxygen atoms in total. The molecule has 0 aromatic heterocycles. The van der Waals surface area contributed by atoms with E-state index >= 15 is 0 Å². The second-order valence-corrected chi connectivity index (χ2v) is 5.98. The molecule has 1 saturated carbocycles. The third-order valence-electron chi connectivity index (χ3n) is 4.81. The van der Waals surface area contributed by atoms with Gasteiger partial charge in [0.25, 0.3) is 0 Å². The number of alkyl halides is 3. The van der Waals surface area contributed by atoms with Gasteiger partial charge in [0.1, 0.15) is 0 Å². The van der Waals surface area contributed by atoms with E-state index in [-0.39, 0.29) is 13.1 Å². The quantitative estimate of drug-likeness (QED) is 0.849. The monoisotopic (exact) mass is 264 g/mol. The van der Waals surface area contributed by atoms with Gasteiger partial charge < -0.3 is 10.6 Å². The van der Waals surface area contributed by atoms with Crippen molar-refractivity contribution in [3.63, 3.8) is 0 Å². The maximum absolute atomic E-state index is 12.7. The molecule has 2 aliphatic rings. The molecule has 1 aliphatic carbocycles. The number of hydrogen-bond donors (Lipinski definition) is 1. The molecule has 18 heavy (non-hydrogen) atoms. The maximum Gasteiger partial charge on any atom is 0.394 e. The van der Waals surface area contributed by atoms with E-state index in [1.54, 1.807) is 0 Å². The van der Waals surface area contributed by atoms with Crippen molar-refractivity contribution < 1.29 is 13.2 Å². The summed E-state index contributed by atoms with van der Waals surface area (Å²) >= 11 is 0. The summed E-state index contributed by atoms with van der Waals surface area (Å²) in [7, 11) is 0. The zero-order chi connectivity index (χ0) is 13.2. The van der Waals surface area contributed by atoms with Crippen molar-refractivity contribution in [3.8, 4) is 0 Å². The SMILES string of the molecule is NCC(CN1CCC2(CCCC2)CC1)C(F)(F)F. The van der Waals surface area contributed by atoms with E-state index in [4.69, 9.17) is 5.73 Å². The van der Waals surface area contributed by atoms with Gasteiger partial charge in [0.05, 0.1) is 5.92 Å². The lowest BCUT2D eigenvalue weighted by Gasteiger charge is -2.40. The van der Waals surface area contributed by atoms with Crippen LogP contribution in [-0.4, -0.2) is 37.3 Å². The van der Waals surface area contributed by atoms with Crippen molar-refractivity contribution in [2.45, 2.75) is 44.7 Å². The summed E-state index contributed by atoms with van der Waals surface area (Å²) < 4.78 is 38.0. The molecule has 1 spiro atoms. The summed E-state index contributed by atoms with van der Waals surface area (Å²) in [6.07, 6.45) is 3.14. The predicted octanol–water partition coefficient (Wildman–Crippen LogP) is 2.78. The average Bonchev–Trinajstić information content (AvgIpc) is 2.75. The third kappa shape index (κ3) is 3.18. The first kappa shape index (κ1) is 14.1. The normalized spacial score (nSPS) is 26.7. The van der Waals surface area contributed by atoms with Crippen molar-refractivity contribution in [2.75, 3.05) is 26.2 Å². The van der Waals surface area contributed by atoms with Gasteiger partial charge in [-0.2, -0.15) is 13.2 Å². The van der Waals surface area contributed by atoms with Crippen LogP contribution in [0.15, 0.2) is 0 Å². The highest BCUT2D eigenvalue weighted by Crippen LogP contribution is 2.46. The van der Waals surface area contributed by atoms with Crippen LogP contribution in [0.3, 0.4) is 0 Å². The Kier molecular flexibility index (Phi) is 4.22. The minimum atomic E-state index is -4.16. The summed E-state index contributed by atoms with van der Waals surface area (Å²) in [5, 5.41) is 0. The second kappa shape index (κ2) is 5.37. The molecular weight excluding hydrogens is 241 g/mol. The van der Waals surface area contributed by atoms with Crippen LogP contribution >= 0.6 is 0 Å². The molecule has 5 heteroatoms. The van der Waals surface area contributed by atoms with Gasteiger partial charge in [-0.3, -0.25) is 0 Å². The minimum Gasteiger partial charge on any atom is -0.330 e. The lowest BCUT2D eigenvalue weighted by Crippen LogP contribution is -2.45. The maximum atomic E-state index is 12.7. The van der Waals surface area contributed by atoms with E-state index in [1.165, 1.54) is 25.7 Å². The predicted molar refractivity (Wildman–Crippen MR) is 65.2 cm³/mol. The number of likely N-dealkylation sites (tertiary alicyclic amines) is 1. The number of hydrogen-bond acceptors (Lipinski definition) is 2. The topological polar surface area (TPSA) is 29.3 Å². The van der Waals surface area contributed by atoms with Crippen LogP contribution in [0.5, 0.6) is 0 Å². The van der Waals surface area contributed by atoms with Crippen LogP contribution < -0.4 is 5.73 Å². The Bertz CT molecular complexity index is 262. The molecule has 0 amide bonds. The van der Waals surface area contributed by atoms with Gasteiger partial charge in [-0.25, -0.2) is 0 Å². The molecule has 1 atom stereocenters. The first-order valence-corrected chi connectivity index (χ1v) is 6.94. The molecular formula is C13H23F3N2. The second-order valence-electron chi connectivity index (χ2n) is 5.98. The van der Waals surface area contributed by atoms with Crippen molar-refractivity contribution in [1.82, 2.24) is 4.90 Å². The lowest BCUT2D eigenvalue weighted by atomic mass is 9.77. The Morgan fingerprint density at radius 2 is 1.61 bits per heavy atom. The Balaban J connectivity index is 1.82. The van der Waals surface area contributed by atoms with E-state index in [0.717, 1.165) is 25.9 Å². The fraction of sp³-hybridized carbons (Fsp3) is 1.00. The summed E-state index contributed by atoms with van der Waals surface area (Å²) in [6.45, 7) is 1.40. The van der Waals surface area contributed by atoms with Gasteiger partial charge in [0.15, 0.2) is 0 Å². The fourth-order valence-corrected chi connectivity index (χ4v) is 3.46. The van der Waals surface area contributed by atoms with Crippen LogP contribution in [0.25, 0.3) is 0 Å². The van der Waals surface area contributed by atoms with Crippen molar-refractivity contribution in [2.24, 2.45) is 17.1 Å². The first-order valence-electron chi connectivity index (χ1n) is 6.94. The molecule has 0 aromatic rings. The molecule has 2 N–H and O–H groups in total. The standard InChI is InChI=1S/C13H23F3N2/c14-13(15,16)11(9-17)10-18-7-5-12(6-8-18)3-1-2-4-12/h11H,1-10,17H2. The fourth-order valence-electron chi connectivity index (χ4n) is 3.46. The highest BCUT2D eigenvalue weighted by Gasteiger charge is 2.42. The largest absolute Gasteiger partial charge is 0.394 e. The smallest absolute Gasteiger partial charge is 0.330 e. The highest BCUT2D eigenvalue weighted by atomic mass is 19.4. The van der Waals surface area contributed by atoms with Crippen molar-refractivity contribution >= 4 is 0 Å². The summed E-state index contributed by atoms with van der Waals surface area (Å²) in [6, 6.07) is 0. The third-order valence-corrected chi connectivity index (χ3v) is 4.81. The summed E-state index contributed by atoms with van der Waals surface area (Å²) in [5.74, 6) is -1.37. The molecule has 0 aromatic carbocycles. The summed E-state index contributed by atoms with van der Waals surface area (Å²) in [4.78, 5) is 1.95. The van der Waals surface area contributed by atoms with E-state index in [1.807, 2.05) is 4.90 Å². The zero-order valence-corrected chi connectivity index (χ0v) is 10.8. The number of nitrogens with two attached hydrogens (primary N) is 1. The van der Waals surface area contributed by atoms with Crippen LogP contribution in [0.4, 0.5) is 13.2 Å². The molecule has 2 rings (SSSR count). The lowest BCUT2D eigenvalue weighted by molar-refractivity contribution is -0.177. The molecule has 0 bridgehead atoms. The highest BCUT2D eigenvalue weighted by molar-refractivity contribution is 4.90. The van der Waals surface area contributed by atoms with E-state index in [9.17, 15) is 13.2 Å². The van der Waals surface area contributed by atoms with E-state index in [0.29, 0.717) is 5.41 Å². The Labute approximate surface area is 107 Å². The molecule has 0 radical (unpaired) electrons. The van der Waals surface area contributed by atoms with E-state index < -0.39 is 12.1 Å². The Morgan fingerprint density at radius 3 is 2.06 bits per heavy atom. The van der Waals surface area contributed by atoms with Crippen LogP contribution in [-0.2, 0) is 0 Å². The number of rotatable bonds is 3. The zero-order valence-electron chi connectivity index (χ0n) is 10.8. The molecule has 106 valence electrons. The number of nitrogens with zero attached hydrogens (tertiary/aromatic N) is 1. The van der Waals surface area contributed by atoms with Crippen molar-refractivity contribution in [1.29, 1.82) is 0 Å². The van der Waals surface area contributed by atoms with Gasteiger partial charge in [-0.15, -0.1) is 0 Å². The molecule has 1 heterocycles. The van der Waals surface area contributed by atoms with Gasteiger partial charge in [-0.1, -0.05) is 12.8 Å². The number of halogens is 3. The first-order chi connectivity index (χ1) is 8.45. The van der Waals surface area contributed by atoms with E-state index in [2.05, 4.69) is 0 Å². The van der Waals surface area contributed by atoms with Gasteiger partial charge in [-0.05, 0) is 44.2 Å². The Morgan fingerprint density at radius 1 is 1.06 bits per heavy atom. The Hall–Kier alpha value is -0.290. The molecule has 1 saturated heterocycles. The average molecular weight is 264 g/mol. The number of piperidine rings is 1. The van der Waals surface area contributed by atoms with Crippen LogP contribution in [0.1, 0.15) is 38.5 Å². The molecule has 2 fully saturated rings.